The first-order valence-corrected chi connectivity index (χ1v) is 11.4. The molecule has 4 heterocycles. The Balaban J connectivity index is 1.25. The van der Waals surface area contributed by atoms with Crippen LogP contribution in [-0.4, -0.2) is 43.8 Å². The molecule has 170 valence electrons. The normalized spacial score (nSPS) is 16.3. The SMILES string of the molecule is CCn1cc(-c2cc(C(=O)N3CCC[C@H](c4ncc(Cc5cccc(Cl)c5)o4)C3)on2)cn1. The van der Waals surface area contributed by atoms with E-state index in [4.69, 9.17) is 20.5 Å². The zero-order valence-electron chi connectivity index (χ0n) is 18.3. The van der Waals surface area contributed by atoms with E-state index >= 15 is 0 Å². The number of likely N-dealkylation sites (tertiary alicyclic amines) is 1. The van der Waals surface area contributed by atoms with Gasteiger partial charge in [0.2, 0.25) is 5.76 Å². The molecular weight excluding hydrogens is 442 g/mol. The third kappa shape index (κ3) is 4.71. The Morgan fingerprint density at radius 2 is 2.18 bits per heavy atom. The van der Waals surface area contributed by atoms with Crippen LogP contribution in [0, 0.1) is 0 Å². The van der Waals surface area contributed by atoms with Crippen LogP contribution in [0.15, 0.2) is 57.9 Å². The van der Waals surface area contributed by atoms with Gasteiger partial charge in [-0.2, -0.15) is 5.10 Å². The Morgan fingerprint density at radius 3 is 3.00 bits per heavy atom. The van der Waals surface area contributed by atoms with E-state index in [9.17, 15) is 4.79 Å². The van der Waals surface area contributed by atoms with E-state index in [1.54, 1.807) is 28.0 Å². The number of benzene rings is 1. The molecule has 0 radical (unpaired) electrons. The topological polar surface area (TPSA) is 90.2 Å². The van der Waals surface area contributed by atoms with Crippen molar-refractivity contribution in [2.45, 2.75) is 38.6 Å². The number of rotatable bonds is 6. The molecule has 0 bridgehead atoms. The highest BCUT2D eigenvalue weighted by Crippen LogP contribution is 2.29. The van der Waals surface area contributed by atoms with Crippen LogP contribution in [0.5, 0.6) is 0 Å². The predicted molar refractivity (Wildman–Crippen MR) is 122 cm³/mol. The van der Waals surface area contributed by atoms with Crippen molar-refractivity contribution in [1.82, 2.24) is 24.8 Å². The highest BCUT2D eigenvalue weighted by Gasteiger charge is 2.30. The van der Waals surface area contributed by atoms with Crippen molar-refractivity contribution < 1.29 is 13.7 Å². The largest absolute Gasteiger partial charge is 0.445 e. The van der Waals surface area contributed by atoms with Gasteiger partial charge < -0.3 is 13.8 Å². The average molecular weight is 466 g/mol. The lowest BCUT2D eigenvalue weighted by Gasteiger charge is -2.30. The van der Waals surface area contributed by atoms with Crippen molar-refractivity contribution in [2.24, 2.45) is 0 Å². The molecule has 1 atom stereocenters. The molecule has 0 unspecified atom stereocenters. The summed E-state index contributed by atoms with van der Waals surface area (Å²) in [4.78, 5) is 19.4. The smallest absolute Gasteiger partial charge is 0.292 e. The number of halogens is 1. The fourth-order valence-corrected chi connectivity index (χ4v) is 4.35. The molecule has 0 spiro atoms. The summed E-state index contributed by atoms with van der Waals surface area (Å²) in [6, 6.07) is 9.37. The molecule has 5 rings (SSSR count). The lowest BCUT2D eigenvalue weighted by Crippen LogP contribution is -2.39. The molecule has 1 aliphatic rings. The molecule has 8 nitrogen and oxygen atoms in total. The van der Waals surface area contributed by atoms with Gasteiger partial charge in [-0.25, -0.2) is 4.98 Å². The van der Waals surface area contributed by atoms with E-state index in [1.165, 1.54) is 0 Å². The lowest BCUT2D eigenvalue weighted by atomic mass is 9.98. The fraction of sp³-hybridized carbons (Fsp3) is 0.333. The van der Waals surface area contributed by atoms with E-state index in [2.05, 4.69) is 15.2 Å². The zero-order valence-corrected chi connectivity index (χ0v) is 19.0. The summed E-state index contributed by atoms with van der Waals surface area (Å²) >= 11 is 6.08. The number of oxazole rings is 1. The van der Waals surface area contributed by atoms with E-state index in [0.29, 0.717) is 36.1 Å². The van der Waals surface area contributed by atoms with Crippen LogP contribution in [0.2, 0.25) is 5.02 Å². The average Bonchev–Trinajstić information content (AvgIpc) is 3.59. The maximum absolute atomic E-state index is 13.1. The first kappa shape index (κ1) is 21.5. The molecule has 0 saturated carbocycles. The van der Waals surface area contributed by atoms with Gasteiger partial charge in [0.25, 0.3) is 5.91 Å². The first-order chi connectivity index (χ1) is 16.1. The molecule has 33 heavy (non-hydrogen) atoms. The van der Waals surface area contributed by atoms with Crippen LogP contribution in [0.4, 0.5) is 0 Å². The number of aryl methyl sites for hydroxylation is 1. The summed E-state index contributed by atoms with van der Waals surface area (Å²) in [6.45, 7) is 3.96. The molecular formula is C24H24ClN5O3. The summed E-state index contributed by atoms with van der Waals surface area (Å²) in [5.41, 5.74) is 2.49. The van der Waals surface area contributed by atoms with Crippen molar-refractivity contribution in [2.75, 3.05) is 13.1 Å². The molecule has 4 aromatic rings. The summed E-state index contributed by atoms with van der Waals surface area (Å²) in [5.74, 6) is 1.54. The second kappa shape index (κ2) is 9.23. The molecule has 1 aromatic carbocycles. The Bertz CT molecular complexity index is 1260. The Labute approximate surface area is 196 Å². The van der Waals surface area contributed by atoms with Crippen molar-refractivity contribution >= 4 is 17.5 Å². The Hall–Kier alpha value is -3.39. The van der Waals surface area contributed by atoms with Crippen LogP contribution >= 0.6 is 11.6 Å². The number of aromatic nitrogens is 4. The summed E-state index contributed by atoms with van der Waals surface area (Å²) in [6.07, 6.45) is 7.77. The number of hydrogen-bond donors (Lipinski definition) is 0. The van der Waals surface area contributed by atoms with Gasteiger partial charge in [0.05, 0.1) is 18.3 Å². The van der Waals surface area contributed by atoms with E-state index in [1.807, 2.05) is 37.4 Å². The highest BCUT2D eigenvalue weighted by atomic mass is 35.5. The predicted octanol–water partition coefficient (Wildman–Crippen LogP) is 4.81. The Morgan fingerprint density at radius 1 is 1.27 bits per heavy atom. The number of carbonyl (C=O) groups excluding carboxylic acids is 1. The van der Waals surface area contributed by atoms with Crippen molar-refractivity contribution in [1.29, 1.82) is 0 Å². The first-order valence-electron chi connectivity index (χ1n) is 11.1. The van der Waals surface area contributed by atoms with Crippen molar-refractivity contribution in [3.05, 3.63) is 76.9 Å². The third-order valence-electron chi connectivity index (χ3n) is 5.87. The van der Waals surface area contributed by atoms with Gasteiger partial charge in [-0.05, 0) is 37.5 Å². The fourth-order valence-electron chi connectivity index (χ4n) is 4.14. The quantitative estimate of drug-likeness (QED) is 0.406. The Kier molecular flexibility index (Phi) is 6.00. The van der Waals surface area contributed by atoms with Crippen LogP contribution in [0.25, 0.3) is 11.3 Å². The minimum atomic E-state index is -0.174. The third-order valence-corrected chi connectivity index (χ3v) is 6.11. The molecule has 0 aliphatic carbocycles. The number of nitrogens with zero attached hydrogens (tertiary/aromatic N) is 5. The number of carbonyl (C=O) groups is 1. The van der Waals surface area contributed by atoms with Crippen molar-refractivity contribution in [3.8, 4) is 11.3 Å². The summed E-state index contributed by atoms with van der Waals surface area (Å²) < 4.78 is 13.2. The van der Waals surface area contributed by atoms with Gasteiger partial charge in [-0.1, -0.05) is 28.9 Å². The summed E-state index contributed by atoms with van der Waals surface area (Å²) in [7, 11) is 0. The van der Waals surface area contributed by atoms with Gasteiger partial charge in [0.15, 0.2) is 5.89 Å². The van der Waals surface area contributed by atoms with E-state index < -0.39 is 0 Å². The summed E-state index contributed by atoms with van der Waals surface area (Å²) in [5, 5.41) is 9.00. The molecule has 3 aromatic heterocycles. The van der Waals surface area contributed by atoms with E-state index in [-0.39, 0.29) is 17.6 Å². The molecule has 0 N–H and O–H groups in total. The van der Waals surface area contributed by atoms with Gasteiger partial charge in [-0.15, -0.1) is 0 Å². The van der Waals surface area contributed by atoms with Crippen LogP contribution in [0.3, 0.4) is 0 Å². The van der Waals surface area contributed by atoms with Crippen molar-refractivity contribution in [3.63, 3.8) is 0 Å². The van der Waals surface area contributed by atoms with Crippen LogP contribution in [-0.2, 0) is 13.0 Å². The molecule has 1 amide bonds. The van der Waals surface area contributed by atoms with Crippen LogP contribution < -0.4 is 0 Å². The highest BCUT2D eigenvalue weighted by molar-refractivity contribution is 6.30. The minimum absolute atomic E-state index is 0.0426. The van der Waals surface area contributed by atoms with E-state index in [0.717, 1.165) is 36.3 Å². The van der Waals surface area contributed by atoms with Gasteiger partial charge in [-0.3, -0.25) is 9.48 Å². The molecule has 1 fully saturated rings. The van der Waals surface area contributed by atoms with Gasteiger partial charge >= 0.3 is 0 Å². The minimum Gasteiger partial charge on any atom is -0.445 e. The monoisotopic (exact) mass is 465 g/mol. The van der Waals surface area contributed by atoms with Gasteiger partial charge in [0.1, 0.15) is 11.5 Å². The van der Waals surface area contributed by atoms with Crippen LogP contribution in [0.1, 0.15) is 53.5 Å². The number of piperidine rings is 1. The maximum atomic E-state index is 13.1. The second-order valence-corrected chi connectivity index (χ2v) is 8.66. The second-order valence-electron chi connectivity index (χ2n) is 8.22. The lowest BCUT2D eigenvalue weighted by molar-refractivity contribution is 0.0656. The molecule has 1 aliphatic heterocycles. The molecule has 9 heteroatoms. The zero-order chi connectivity index (χ0) is 22.8. The van der Waals surface area contributed by atoms with Gasteiger partial charge in [0, 0.05) is 48.9 Å². The molecule has 1 saturated heterocycles. The number of hydrogen-bond acceptors (Lipinski definition) is 6. The number of amides is 1. The standard InChI is InChI=1S/C24H24ClN5O3/c1-2-30-15-18(12-27-30)21-11-22(33-28-21)24(31)29-8-4-6-17(14-29)23-26-13-20(32-23)10-16-5-3-7-19(25)9-16/h3,5,7,9,11-13,15,17H,2,4,6,8,10,14H2,1H3/t17-/m0/s1. The maximum Gasteiger partial charge on any atom is 0.292 e.